The van der Waals surface area contributed by atoms with Crippen molar-refractivity contribution in [1.82, 2.24) is 10.3 Å². The van der Waals surface area contributed by atoms with Crippen LogP contribution >= 0.6 is 0 Å². The fourth-order valence-electron chi connectivity index (χ4n) is 1.70. The molecule has 0 aliphatic carbocycles. The summed E-state index contributed by atoms with van der Waals surface area (Å²) < 4.78 is 10.9. The Kier molecular flexibility index (Phi) is 3.62. The van der Waals surface area contributed by atoms with Crippen LogP contribution in [0.2, 0.25) is 0 Å². The Morgan fingerprint density at radius 2 is 2.50 bits per heavy atom. The van der Waals surface area contributed by atoms with Gasteiger partial charge in [-0.1, -0.05) is 0 Å². The first kappa shape index (κ1) is 11.2. The molecule has 4 nitrogen and oxygen atoms in total. The van der Waals surface area contributed by atoms with Crippen molar-refractivity contribution >= 4 is 0 Å². The molecule has 0 spiro atoms. The predicted octanol–water partition coefficient (Wildman–Crippen LogP) is 2.33. The van der Waals surface area contributed by atoms with Crippen molar-refractivity contribution < 1.29 is 9.15 Å². The molecule has 1 aromatic rings. The molecule has 1 aliphatic heterocycles. The average Bonchev–Trinajstić information content (AvgIpc) is 2.74. The number of ether oxygens (including phenoxy) is 1. The van der Waals surface area contributed by atoms with Gasteiger partial charge in [-0.3, -0.25) is 0 Å². The van der Waals surface area contributed by atoms with E-state index in [1.807, 2.05) is 13.8 Å². The molecule has 1 aliphatic rings. The molecule has 2 rings (SSSR count). The van der Waals surface area contributed by atoms with Gasteiger partial charge in [-0.05, 0) is 32.8 Å². The van der Waals surface area contributed by atoms with Crippen molar-refractivity contribution in [3.05, 3.63) is 30.2 Å². The number of oxazole rings is 1. The number of rotatable bonds is 4. The largest absolute Gasteiger partial charge is 0.497 e. The maximum Gasteiger partial charge on any atom is 0.211 e. The minimum absolute atomic E-state index is 0.128. The zero-order valence-electron chi connectivity index (χ0n) is 9.77. The molecule has 88 valence electrons. The van der Waals surface area contributed by atoms with Crippen LogP contribution in [0.5, 0.6) is 0 Å². The highest BCUT2D eigenvalue weighted by Gasteiger charge is 2.15. The van der Waals surface area contributed by atoms with E-state index in [2.05, 4.69) is 16.4 Å². The monoisotopic (exact) mass is 222 g/mol. The van der Waals surface area contributed by atoms with Crippen molar-refractivity contribution in [1.29, 1.82) is 0 Å². The van der Waals surface area contributed by atoms with Crippen molar-refractivity contribution in [3.8, 4) is 0 Å². The normalized spacial score (nSPS) is 21.8. The Hall–Kier alpha value is -1.29. The standard InChI is InChI=1S/C12H18N2O2/c1-9-7-14-12(16-9)10(2)13-8-11-5-3-4-6-15-11/h4,6-7,10-11,13H,3,5,8H2,1-2H3. The third-order valence-electron chi connectivity index (χ3n) is 2.68. The highest BCUT2D eigenvalue weighted by molar-refractivity contribution is 4.95. The van der Waals surface area contributed by atoms with E-state index in [9.17, 15) is 0 Å². The molecular formula is C12H18N2O2. The van der Waals surface area contributed by atoms with Crippen LogP contribution in [-0.4, -0.2) is 17.6 Å². The van der Waals surface area contributed by atoms with Crippen LogP contribution in [0.1, 0.15) is 37.5 Å². The van der Waals surface area contributed by atoms with Gasteiger partial charge in [0.15, 0.2) is 0 Å². The number of hydrogen-bond acceptors (Lipinski definition) is 4. The number of allylic oxidation sites excluding steroid dienone is 1. The summed E-state index contributed by atoms with van der Waals surface area (Å²) in [5.74, 6) is 1.59. The minimum atomic E-state index is 0.128. The van der Waals surface area contributed by atoms with Crippen molar-refractivity contribution in [2.75, 3.05) is 6.54 Å². The zero-order valence-corrected chi connectivity index (χ0v) is 9.77. The Morgan fingerprint density at radius 1 is 1.62 bits per heavy atom. The first-order chi connectivity index (χ1) is 7.75. The minimum Gasteiger partial charge on any atom is -0.497 e. The van der Waals surface area contributed by atoms with Crippen LogP contribution < -0.4 is 5.32 Å². The van der Waals surface area contributed by atoms with Crippen LogP contribution in [0.3, 0.4) is 0 Å². The molecule has 1 aromatic heterocycles. The highest BCUT2D eigenvalue weighted by atomic mass is 16.5. The summed E-state index contributed by atoms with van der Waals surface area (Å²) in [7, 11) is 0. The van der Waals surface area contributed by atoms with E-state index in [1.54, 1.807) is 12.5 Å². The lowest BCUT2D eigenvalue weighted by Gasteiger charge is -2.21. The van der Waals surface area contributed by atoms with Crippen LogP contribution in [0.15, 0.2) is 23.0 Å². The van der Waals surface area contributed by atoms with Crippen LogP contribution in [0, 0.1) is 6.92 Å². The van der Waals surface area contributed by atoms with E-state index in [-0.39, 0.29) is 12.1 Å². The Morgan fingerprint density at radius 3 is 3.12 bits per heavy atom. The maximum absolute atomic E-state index is 5.48. The van der Waals surface area contributed by atoms with E-state index in [4.69, 9.17) is 9.15 Å². The van der Waals surface area contributed by atoms with Crippen LogP contribution in [0.25, 0.3) is 0 Å². The molecule has 2 unspecified atom stereocenters. The zero-order chi connectivity index (χ0) is 11.4. The second kappa shape index (κ2) is 5.16. The fourth-order valence-corrected chi connectivity index (χ4v) is 1.70. The number of nitrogens with one attached hydrogen (secondary N) is 1. The maximum atomic E-state index is 5.48. The van der Waals surface area contributed by atoms with E-state index in [0.29, 0.717) is 0 Å². The van der Waals surface area contributed by atoms with Gasteiger partial charge < -0.3 is 14.5 Å². The van der Waals surface area contributed by atoms with Gasteiger partial charge in [0.25, 0.3) is 0 Å². The Labute approximate surface area is 95.7 Å². The molecule has 0 saturated heterocycles. The number of hydrogen-bond donors (Lipinski definition) is 1. The Balaban J connectivity index is 1.79. The van der Waals surface area contributed by atoms with Crippen molar-refractivity contribution in [2.24, 2.45) is 0 Å². The number of aryl methyl sites for hydroxylation is 1. The first-order valence-electron chi connectivity index (χ1n) is 5.72. The summed E-state index contributed by atoms with van der Waals surface area (Å²) in [5, 5.41) is 3.37. The Bertz CT molecular complexity index is 360. The molecule has 0 amide bonds. The SMILES string of the molecule is Cc1cnc(C(C)NCC2CCC=CO2)o1. The summed E-state index contributed by atoms with van der Waals surface area (Å²) >= 11 is 0. The molecule has 1 N–H and O–H groups in total. The summed E-state index contributed by atoms with van der Waals surface area (Å²) in [5.41, 5.74) is 0. The van der Waals surface area contributed by atoms with E-state index >= 15 is 0 Å². The van der Waals surface area contributed by atoms with Gasteiger partial charge in [-0.2, -0.15) is 0 Å². The molecule has 0 saturated carbocycles. The van der Waals surface area contributed by atoms with Gasteiger partial charge in [0.05, 0.1) is 18.5 Å². The highest BCUT2D eigenvalue weighted by Crippen LogP contribution is 2.14. The lowest BCUT2D eigenvalue weighted by molar-refractivity contribution is 0.118. The number of aromatic nitrogens is 1. The average molecular weight is 222 g/mol. The van der Waals surface area contributed by atoms with Crippen LogP contribution in [-0.2, 0) is 4.74 Å². The second-order valence-corrected chi connectivity index (χ2v) is 4.15. The molecule has 16 heavy (non-hydrogen) atoms. The predicted molar refractivity (Wildman–Crippen MR) is 60.9 cm³/mol. The quantitative estimate of drug-likeness (QED) is 0.849. The smallest absolute Gasteiger partial charge is 0.211 e. The van der Waals surface area contributed by atoms with Crippen molar-refractivity contribution in [2.45, 2.75) is 38.8 Å². The van der Waals surface area contributed by atoms with E-state index in [1.165, 1.54) is 0 Å². The molecule has 0 aromatic carbocycles. The van der Waals surface area contributed by atoms with E-state index in [0.717, 1.165) is 31.0 Å². The van der Waals surface area contributed by atoms with Gasteiger partial charge in [0.2, 0.25) is 5.89 Å². The molecule has 0 bridgehead atoms. The molecule has 0 radical (unpaired) electrons. The van der Waals surface area contributed by atoms with Crippen molar-refractivity contribution in [3.63, 3.8) is 0 Å². The molecular weight excluding hydrogens is 204 g/mol. The molecule has 4 heteroatoms. The molecule has 2 heterocycles. The molecule has 2 atom stereocenters. The third-order valence-corrected chi connectivity index (χ3v) is 2.68. The van der Waals surface area contributed by atoms with Gasteiger partial charge >= 0.3 is 0 Å². The summed E-state index contributed by atoms with van der Waals surface area (Å²) in [4.78, 5) is 4.20. The second-order valence-electron chi connectivity index (χ2n) is 4.15. The lowest BCUT2D eigenvalue weighted by atomic mass is 10.1. The first-order valence-corrected chi connectivity index (χ1v) is 5.72. The summed E-state index contributed by atoms with van der Waals surface area (Å²) in [6, 6.07) is 0.128. The van der Waals surface area contributed by atoms with Gasteiger partial charge in [-0.25, -0.2) is 4.98 Å². The van der Waals surface area contributed by atoms with Gasteiger partial charge in [-0.15, -0.1) is 0 Å². The topological polar surface area (TPSA) is 47.3 Å². The summed E-state index contributed by atoms with van der Waals surface area (Å²) in [6.45, 7) is 4.77. The lowest BCUT2D eigenvalue weighted by Crippen LogP contribution is -2.31. The number of nitrogens with zero attached hydrogens (tertiary/aromatic N) is 1. The van der Waals surface area contributed by atoms with E-state index < -0.39 is 0 Å². The van der Waals surface area contributed by atoms with Gasteiger partial charge in [0, 0.05) is 6.54 Å². The summed E-state index contributed by atoms with van der Waals surface area (Å²) in [6.07, 6.45) is 8.02. The van der Waals surface area contributed by atoms with Gasteiger partial charge in [0.1, 0.15) is 11.9 Å². The van der Waals surface area contributed by atoms with Crippen LogP contribution in [0.4, 0.5) is 0 Å². The third kappa shape index (κ3) is 2.85. The molecule has 0 fully saturated rings. The fraction of sp³-hybridized carbons (Fsp3) is 0.583.